The number of carbonyl (C=O) groups is 3. The van der Waals surface area contributed by atoms with Crippen molar-refractivity contribution in [1.29, 1.82) is 0 Å². The molecule has 3 aromatic carbocycles. The van der Waals surface area contributed by atoms with Gasteiger partial charge in [0.1, 0.15) is 5.75 Å². The Morgan fingerprint density at radius 1 is 1.00 bits per heavy atom. The number of carboxylic acids is 1. The first-order valence-corrected chi connectivity index (χ1v) is 17.2. The van der Waals surface area contributed by atoms with Crippen LogP contribution in [-0.2, 0) is 17.5 Å². The van der Waals surface area contributed by atoms with Crippen LogP contribution in [0.1, 0.15) is 71.9 Å². The minimum atomic E-state index is -4.51. The SMILES string of the molecule is C[C@@H]1CCCCO[C@@H](CN(C)Cc2ccc(C(=O)O)cc2)[C@@H](C)CN([C@@H](C)CO)C(=O)c2cc(NC(=O)Nc3ccc(C(F)(F)F)cc3)ccc2O1. The molecule has 0 aliphatic carbocycles. The second kappa shape index (κ2) is 18.2. The second-order valence-corrected chi connectivity index (χ2v) is 13.4. The number of aromatic carboxylic acids is 1. The smallest absolute Gasteiger partial charge is 0.416 e. The van der Waals surface area contributed by atoms with E-state index in [0.29, 0.717) is 31.9 Å². The maximum Gasteiger partial charge on any atom is 0.416 e. The summed E-state index contributed by atoms with van der Waals surface area (Å²) in [5.74, 6) is -1.29. The lowest BCUT2D eigenvalue weighted by atomic mass is 10.0. The molecule has 0 radical (unpaired) electrons. The van der Waals surface area contributed by atoms with E-state index in [-0.39, 0.29) is 53.8 Å². The van der Waals surface area contributed by atoms with Crippen LogP contribution in [0.3, 0.4) is 0 Å². The number of hydrogen-bond acceptors (Lipinski definition) is 7. The summed E-state index contributed by atoms with van der Waals surface area (Å²) in [7, 11) is 1.95. The topological polar surface area (TPSA) is 141 Å². The van der Waals surface area contributed by atoms with Crippen molar-refractivity contribution >= 4 is 29.3 Å². The van der Waals surface area contributed by atoms with Gasteiger partial charge in [-0.05, 0) is 100 Å². The van der Waals surface area contributed by atoms with Gasteiger partial charge in [0.25, 0.3) is 5.91 Å². The van der Waals surface area contributed by atoms with Crippen molar-refractivity contribution in [1.82, 2.24) is 9.80 Å². The molecule has 4 rings (SSSR count). The molecule has 1 heterocycles. The summed E-state index contributed by atoms with van der Waals surface area (Å²) in [5, 5.41) is 24.6. The Hall–Kier alpha value is -4.66. The molecule has 4 atom stereocenters. The molecule has 4 N–H and O–H groups in total. The number of fused-ring (bicyclic) bond motifs is 1. The molecule has 11 nitrogen and oxygen atoms in total. The molecule has 0 fully saturated rings. The van der Waals surface area contributed by atoms with E-state index in [1.165, 1.54) is 6.07 Å². The van der Waals surface area contributed by atoms with E-state index in [9.17, 15) is 37.8 Å². The highest BCUT2D eigenvalue weighted by Crippen LogP contribution is 2.31. The Bertz CT molecular complexity index is 1650. The number of rotatable bonds is 9. The molecule has 0 spiro atoms. The van der Waals surface area contributed by atoms with E-state index in [1.54, 1.807) is 48.2 Å². The number of carbonyl (C=O) groups excluding carboxylic acids is 2. The predicted octanol–water partition coefficient (Wildman–Crippen LogP) is 6.98. The van der Waals surface area contributed by atoms with E-state index < -0.39 is 35.7 Å². The number of ether oxygens (including phenoxy) is 2. The lowest BCUT2D eigenvalue weighted by molar-refractivity contribution is -0.137. The number of amides is 3. The Morgan fingerprint density at radius 3 is 2.29 bits per heavy atom. The van der Waals surface area contributed by atoms with Crippen LogP contribution in [0.5, 0.6) is 5.75 Å². The molecule has 3 amide bonds. The monoisotopic (exact) mass is 728 g/mol. The summed E-state index contributed by atoms with van der Waals surface area (Å²) in [5.41, 5.74) is 0.869. The third-order valence-electron chi connectivity index (χ3n) is 8.92. The summed E-state index contributed by atoms with van der Waals surface area (Å²) in [6.07, 6.45) is -2.76. The van der Waals surface area contributed by atoms with Gasteiger partial charge >= 0.3 is 18.2 Å². The first-order valence-electron chi connectivity index (χ1n) is 17.2. The van der Waals surface area contributed by atoms with Gasteiger partial charge in [-0.15, -0.1) is 0 Å². The van der Waals surface area contributed by atoms with Gasteiger partial charge in [0.15, 0.2) is 0 Å². The minimum Gasteiger partial charge on any atom is -0.490 e. The minimum absolute atomic E-state index is 0.146. The molecule has 0 saturated heterocycles. The van der Waals surface area contributed by atoms with E-state index in [2.05, 4.69) is 15.5 Å². The molecule has 0 aromatic heterocycles. The van der Waals surface area contributed by atoms with Crippen LogP contribution in [-0.4, -0.2) is 89.5 Å². The molecule has 1 aliphatic heterocycles. The Kier molecular flexibility index (Phi) is 14.0. The molecule has 52 heavy (non-hydrogen) atoms. The quantitative estimate of drug-likeness (QED) is 0.185. The summed E-state index contributed by atoms with van der Waals surface area (Å²) < 4.78 is 51.5. The summed E-state index contributed by atoms with van der Waals surface area (Å²) >= 11 is 0. The molecular weight excluding hydrogens is 681 g/mol. The van der Waals surface area contributed by atoms with Crippen LogP contribution in [0.25, 0.3) is 0 Å². The zero-order valence-corrected chi connectivity index (χ0v) is 29.8. The van der Waals surface area contributed by atoms with E-state index >= 15 is 0 Å². The molecule has 3 aromatic rings. The fourth-order valence-electron chi connectivity index (χ4n) is 5.94. The number of anilines is 2. The average molecular weight is 729 g/mol. The second-order valence-electron chi connectivity index (χ2n) is 13.4. The van der Waals surface area contributed by atoms with Gasteiger partial charge in [0.2, 0.25) is 0 Å². The van der Waals surface area contributed by atoms with Crippen LogP contribution in [0, 0.1) is 5.92 Å². The number of hydrogen-bond donors (Lipinski definition) is 4. The van der Waals surface area contributed by atoms with Crippen molar-refractivity contribution in [2.75, 3.05) is 44.0 Å². The molecule has 0 bridgehead atoms. The lowest BCUT2D eigenvalue weighted by Gasteiger charge is -2.36. The van der Waals surface area contributed by atoms with E-state index in [1.807, 2.05) is 20.9 Å². The van der Waals surface area contributed by atoms with Crippen molar-refractivity contribution in [3.8, 4) is 5.75 Å². The van der Waals surface area contributed by atoms with Gasteiger partial charge in [0.05, 0.1) is 41.5 Å². The van der Waals surface area contributed by atoms with Gasteiger partial charge in [-0.25, -0.2) is 9.59 Å². The normalized spacial score (nSPS) is 19.6. The maximum absolute atomic E-state index is 14.4. The average Bonchev–Trinajstić information content (AvgIpc) is 3.09. The Balaban J connectivity index is 1.55. The highest BCUT2D eigenvalue weighted by molar-refractivity contribution is 6.02. The van der Waals surface area contributed by atoms with Crippen LogP contribution >= 0.6 is 0 Å². The molecule has 0 saturated carbocycles. The number of halogens is 3. The van der Waals surface area contributed by atoms with Gasteiger partial charge in [0, 0.05) is 43.5 Å². The largest absolute Gasteiger partial charge is 0.490 e. The van der Waals surface area contributed by atoms with E-state index in [0.717, 1.165) is 42.7 Å². The third-order valence-corrected chi connectivity index (χ3v) is 8.92. The number of nitrogens with one attached hydrogen (secondary N) is 2. The summed E-state index contributed by atoms with van der Waals surface area (Å²) in [6, 6.07) is 14.1. The van der Waals surface area contributed by atoms with Gasteiger partial charge in [-0.1, -0.05) is 19.1 Å². The zero-order chi connectivity index (χ0) is 38.0. The van der Waals surface area contributed by atoms with Crippen molar-refractivity contribution in [2.45, 2.75) is 71.0 Å². The number of aliphatic hydroxyl groups is 1. The third kappa shape index (κ3) is 11.4. The predicted molar refractivity (Wildman–Crippen MR) is 191 cm³/mol. The van der Waals surface area contributed by atoms with Crippen LogP contribution in [0.2, 0.25) is 0 Å². The van der Waals surface area contributed by atoms with Crippen LogP contribution in [0.15, 0.2) is 66.7 Å². The molecule has 0 unspecified atom stereocenters. The lowest BCUT2D eigenvalue weighted by Crippen LogP contribution is -2.47. The number of urea groups is 1. The van der Waals surface area contributed by atoms with Crippen LogP contribution in [0.4, 0.5) is 29.3 Å². The highest BCUT2D eigenvalue weighted by atomic mass is 19.4. The standard InChI is InChI=1S/C38H47F3N4O7/c1-24-20-45(25(2)23-46)35(47)32-19-31(43-37(50)42-30-14-12-29(13-15-30)38(39,40)41)16-17-33(32)52-26(3)7-5-6-18-51-34(24)22-44(4)21-27-8-10-28(11-9-27)36(48)49/h8-17,19,24-26,34,46H,5-7,18,20-23H2,1-4H3,(H,48,49)(H2,42,43,50)/t24-,25-,26+,34-/m0/s1. The van der Waals surface area contributed by atoms with Gasteiger partial charge in [-0.3, -0.25) is 9.69 Å². The number of alkyl halides is 3. The zero-order valence-electron chi connectivity index (χ0n) is 29.8. The summed E-state index contributed by atoms with van der Waals surface area (Å²) in [6.45, 7) is 7.12. The summed E-state index contributed by atoms with van der Waals surface area (Å²) in [4.78, 5) is 42.1. The fraction of sp³-hybridized carbons (Fsp3) is 0.447. The number of aliphatic hydroxyl groups excluding tert-OH is 1. The first kappa shape index (κ1) is 40.1. The molecule has 14 heteroatoms. The highest BCUT2D eigenvalue weighted by Gasteiger charge is 2.31. The Morgan fingerprint density at radius 2 is 1.65 bits per heavy atom. The van der Waals surface area contributed by atoms with Gasteiger partial charge < -0.3 is 35.2 Å². The molecule has 1 aliphatic rings. The number of carboxylic acid groups (broad SMARTS) is 1. The van der Waals surface area contributed by atoms with Crippen molar-refractivity contribution in [3.05, 3.63) is 89.0 Å². The van der Waals surface area contributed by atoms with Crippen molar-refractivity contribution in [2.24, 2.45) is 5.92 Å². The van der Waals surface area contributed by atoms with Crippen LogP contribution < -0.4 is 15.4 Å². The van der Waals surface area contributed by atoms with Crippen molar-refractivity contribution in [3.63, 3.8) is 0 Å². The number of likely N-dealkylation sites (N-methyl/N-ethyl adjacent to an activating group) is 1. The van der Waals surface area contributed by atoms with Crippen molar-refractivity contribution < 1.29 is 47.2 Å². The molecule has 282 valence electrons. The molecular formula is C38H47F3N4O7. The van der Waals surface area contributed by atoms with E-state index in [4.69, 9.17) is 9.47 Å². The first-order chi connectivity index (χ1) is 24.6. The fourth-order valence-corrected chi connectivity index (χ4v) is 5.94. The maximum atomic E-state index is 14.4. The van der Waals surface area contributed by atoms with Gasteiger partial charge in [-0.2, -0.15) is 13.2 Å². The number of benzene rings is 3. The number of nitrogens with zero attached hydrogens (tertiary/aromatic N) is 2. The Labute approximate surface area is 301 Å².